The Hall–Kier alpha value is -1.29. The Balaban J connectivity index is 1.80. The molecule has 0 heterocycles. The van der Waals surface area contributed by atoms with E-state index in [9.17, 15) is 14.7 Å². The van der Waals surface area contributed by atoms with Crippen LogP contribution in [0, 0.1) is 22.7 Å². The first kappa shape index (κ1) is 17.1. The van der Waals surface area contributed by atoms with Gasteiger partial charge < -0.3 is 5.11 Å². The van der Waals surface area contributed by atoms with Crippen LogP contribution in [-0.4, -0.2) is 28.4 Å². The molecule has 1 N–H and O–H groups in total. The number of halogens is 1. The summed E-state index contributed by atoms with van der Waals surface area (Å²) >= 11 is 0. The van der Waals surface area contributed by atoms with E-state index in [0.717, 1.165) is 11.1 Å². The lowest BCUT2D eigenvalue weighted by Gasteiger charge is -2.62. The molecule has 0 aromatic carbocycles. The number of carbonyl (C=O) groups is 2. The van der Waals surface area contributed by atoms with Crippen LogP contribution in [0.5, 0.6) is 0 Å². The number of aliphatic hydroxyl groups excluding tert-OH is 1. The largest absolute Gasteiger partial charge is 0.390 e. The van der Waals surface area contributed by atoms with Gasteiger partial charge in [-0.15, -0.1) is 0 Å². The lowest BCUT2D eigenvalue weighted by molar-refractivity contribution is -0.200. The third kappa shape index (κ3) is 1.95. The molecule has 0 bridgehead atoms. The van der Waals surface area contributed by atoms with E-state index in [1.54, 1.807) is 13.0 Å². The maximum absolute atomic E-state index is 16.7. The number of ketones is 2. The summed E-state index contributed by atoms with van der Waals surface area (Å²) in [7, 11) is 0. The lowest BCUT2D eigenvalue weighted by Crippen LogP contribution is -2.67. The summed E-state index contributed by atoms with van der Waals surface area (Å²) in [5.41, 5.74) is -1.29. The Bertz CT molecular complexity index is 723. The zero-order chi connectivity index (χ0) is 18.2. The average Bonchev–Trinajstić information content (AvgIpc) is 2.87. The third-order valence-electron chi connectivity index (χ3n) is 8.00. The molecule has 0 saturated heterocycles. The molecule has 2 fully saturated rings. The standard InChI is InChI=1S/C21H27FO3/c1-12(23)15-6-7-16-17-5-4-13-10-14(24)8-9-20(13,3)21(17,22)18(25)11-19(15,16)2/h6,10,16-18,25H,4-5,7-9,11H2,1-3H3/t16-,17-,18-,19+,20-,21-/m0/s1. The fourth-order valence-electron chi connectivity index (χ4n) is 6.69. The predicted molar refractivity (Wildman–Crippen MR) is 92.6 cm³/mol. The molecular formula is C21H27FO3. The maximum Gasteiger partial charge on any atom is 0.156 e. The van der Waals surface area contributed by atoms with Crippen molar-refractivity contribution in [3.05, 3.63) is 23.3 Å². The van der Waals surface area contributed by atoms with Gasteiger partial charge in [-0.2, -0.15) is 0 Å². The molecule has 4 rings (SSSR count). The van der Waals surface area contributed by atoms with Gasteiger partial charge in [-0.3, -0.25) is 9.59 Å². The van der Waals surface area contributed by atoms with Crippen LogP contribution in [-0.2, 0) is 9.59 Å². The third-order valence-corrected chi connectivity index (χ3v) is 8.00. The first-order chi connectivity index (χ1) is 11.6. The van der Waals surface area contributed by atoms with Gasteiger partial charge in [0.2, 0.25) is 0 Å². The van der Waals surface area contributed by atoms with Gasteiger partial charge in [-0.05, 0) is 56.6 Å². The molecule has 0 aliphatic heterocycles. The Morgan fingerprint density at radius 2 is 2.00 bits per heavy atom. The van der Waals surface area contributed by atoms with Crippen molar-refractivity contribution in [2.75, 3.05) is 0 Å². The van der Waals surface area contributed by atoms with Gasteiger partial charge in [0.15, 0.2) is 11.6 Å². The van der Waals surface area contributed by atoms with Crippen molar-refractivity contribution in [2.45, 2.75) is 71.1 Å². The number of allylic oxidation sites excluding steroid dienone is 4. The van der Waals surface area contributed by atoms with Gasteiger partial charge in [0, 0.05) is 23.2 Å². The summed E-state index contributed by atoms with van der Waals surface area (Å²) < 4.78 is 16.7. The van der Waals surface area contributed by atoms with Crippen molar-refractivity contribution in [1.82, 2.24) is 0 Å². The first-order valence-electron chi connectivity index (χ1n) is 9.47. The quantitative estimate of drug-likeness (QED) is 0.787. The molecule has 4 aliphatic rings. The molecule has 3 nitrogen and oxygen atoms in total. The summed E-state index contributed by atoms with van der Waals surface area (Å²) in [6, 6.07) is 0. The Morgan fingerprint density at radius 1 is 1.28 bits per heavy atom. The van der Waals surface area contributed by atoms with E-state index >= 15 is 4.39 Å². The molecule has 6 atom stereocenters. The smallest absolute Gasteiger partial charge is 0.156 e. The van der Waals surface area contributed by atoms with Gasteiger partial charge in [0.25, 0.3) is 0 Å². The van der Waals surface area contributed by atoms with E-state index in [2.05, 4.69) is 0 Å². The number of hydrogen-bond donors (Lipinski definition) is 1. The van der Waals surface area contributed by atoms with Crippen LogP contribution >= 0.6 is 0 Å². The number of rotatable bonds is 1. The Kier molecular flexibility index (Phi) is 3.51. The second kappa shape index (κ2) is 5.12. The Morgan fingerprint density at radius 3 is 2.68 bits per heavy atom. The normalized spacial score (nSPS) is 48.8. The molecule has 0 radical (unpaired) electrons. The lowest BCUT2D eigenvalue weighted by atomic mass is 9.44. The van der Waals surface area contributed by atoms with E-state index in [1.807, 2.05) is 19.9 Å². The van der Waals surface area contributed by atoms with Crippen molar-refractivity contribution in [3.63, 3.8) is 0 Å². The summed E-state index contributed by atoms with van der Waals surface area (Å²) in [6.07, 6.45) is 5.67. The van der Waals surface area contributed by atoms with Crippen LogP contribution in [0.1, 0.15) is 59.3 Å². The van der Waals surface area contributed by atoms with Crippen LogP contribution < -0.4 is 0 Å². The van der Waals surface area contributed by atoms with Crippen LogP contribution in [0.25, 0.3) is 0 Å². The summed E-state index contributed by atoms with van der Waals surface area (Å²) in [5.74, 6) is -0.110. The monoisotopic (exact) mass is 346 g/mol. The number of carbonyl (C=O) groups excluding carboxylic acids is 2. The van der Waals surface area contributed by atoms with Crippen molar-refractivity contribution in [3.8, 4) is 0 Å². The molecule has 0 aromatic rings. The van der Waals surface area contributed by atoms with Crippen molar-refractivity contribution < 1.29 is 19.1 Å². The molecule has 0 spiro atoms. The van der Waals surface area contributed by atoms with Gasteiger partial charge in [0.05, 0.1) is 6.10 Å². The van der Waals surface area contributed by atoms with Gasteiger partial charge >= 0.3 is 0 Å². The van der Waals surface area contributed by atoms with Crippen molar-refractivity contribution in [2.24, 2.45) is 22.7 Å². The summed E-state index contributed by atoms with van der Waals surface area (Å²) in [6.45, 7) is 5.50. The molecule has 4 aliphatic carbocycles. The molecule has 0 amide bonds. The number of hydrogen-bond acceptors (Lipinski definition) is 3. The average molecular weight is 346 g/mol. The van der Waals surface area contributed by atoms with E-state index < -0.39 is 22.6 Å². The Labute approximate surface area is 148 Å². The minimum absolute atomic E-state index is 0.0365. The molecule has 4 heteroatoms. The zero-order valence-electron chi connectivity index (χ0n) is 15.3. The molecule has 2 saturated carbocycles. The van der Waals surface area contributed by atoms with Crippen LogP contribution in [0.15, 0.2) is 23.3 Å². The summed E-state index contributed by atoms with van der Waals surface area (Å²) in [5, 5.41) is 11.0. The van der Waals surface area contributed by atoms with Gasteiger partial charge in [-0.25, -0.2) is 4.39 Å². The number of fused-ring (bicyclic) bond motifs is 5. The molecule has 136 valence electrons. The second-order valence-electron chi connectivity index (χ2n) is 9.03. The molecular weight excluding hydrogens is 319 g/mol. The van der Waals surface area contributed by atoms with Gasteiger partial charge in [-0.1, -0.05) is 25.5 Å². The minimum atomic E-state index is -1.72. The fourth-order valence-corrected chi connectivity index (χ4v) is 6.69. The maximum atomic E-state index is 16.7. The number of alkyl halides is 1. The molecule has 0 unspecified atom stereocenters. The molecule has 25 heavy (non-hydrogen) atoms. The van der Waals surface area contributed by atoms with Gasteiger partial charge in [0.1, 0.15) is 5.67 Å². The molecule has 0 aromatic heterocycles. The number of aliphatic hydroxyl groups is 1. The van der Waals surface area contributed by atoms with Crippen LogP contribution in [0.3, 0.4) is 0 Å². The first-order valence-corrected chi connectivity index (χ1v) is 9.47. The van der Waals surface area contributed by atoms with E-state index in [0.29, 0.717) is 32.1 Å². The minimum Gasteiger partial charge on any atom is -0.390 e. The second-order valence-corrected chi connectivity index (χ2v) is 9.03. The topological polar surface area (TPSA) is 54.4 Å². The fraction of sp³-hybridized carbons (Fsp3) is 0.714. The predicted octanol–water partition coefficient (Wildman–Crippen LogP) is 3.71. The SMILES string of the molecule is CC(=O)C1=CC[C@H]2[C@@H]3CCC4=CC(=O)CC[C@]4(C)[C@@]3(F)[C@@H](O)C[C@]12C. The highest BCUT2D eigenvalue weighted by atomic mass is 19.1. The number of Topliss-reactive ketones (excluding diaryl/α,β-unsaturated/α-hetero) is 1. The highest BCUT2D eigenvalue weighted by molar-refractivity contribution is 5.95. The zero-order valence-corrected chi connectivity index (χ0v) is 15.3. The highest BCUT2D eigenvalue weighted by Crippen LogP contribution is 2.68. The van der Waals surface area contributed by atoms with E-state index in [-0.39, 0.29) is 29.8 Å². The van der Waals surface area contributed by atoms with Crippen molar-refractivity contribution in [1.29, 1.82) is 0 Å². The highest BCUT2D eigenvalue weighted by Gasteiger charge is 2.69. The van der Waals surface area contributed by atoms with Crippen LogP contribution in [0.4, 0.5) is 4.39 Å². The van der Waals surface area contributed by atoms with Crippen LogP contribution in [0.2, 0.25) is 0 Å². The van der Waals surface area contributed by atoms with E-state index in [4.69, 9.17) is 0 Å². The summed E-state index contributed by atoms with van der Waals surface area (Å²) in [4.78, 5) is 23.9. The van der Waals surface area contributed by atoms with Crippen molar-refractivity contribution >= 4 is 11.6 Å². The van der Waals surface area contributed by atoms with E-state index in [1.165, 1.54) is 0 Å².